The number of primary amides is 1. The molecule has 10 N–H and O–H groups in total. The molecule has 212 valence electrons. The van der Waals surface area contributed by atoms with Gasteiger partial charge in [-0.05, 0) is 24.5 Å². The summed E-state index contributed by atoms with van der Waals surface area (Å²) in [5.74, 6) is -5.94. The zero-order valence-electron chi connectivity index (χ0n) is 20.9. The number of nitrogens with two attached hydrogens (primary N) is 2. The number of fused-ring (bicyclic) bond motifs is 1. The molecule has 15 heteroatoms. The summed E-state index contributed by atoms with van der Waals surface area (Å²) in [6, 6.07) is 2.01. The number of aromatic nitrogens is 1. The second-order valence-corrected chi connectivity index (χ2v) is 9.18. The third-order valence-corrected chi connectivity index (χ3v) is 6.21. The van der Waals surface area contributed by atoms with Crippen molar-refractivity contribution in [1.29, 1.82) is 0 Å². The number of aliphatic carboxylic acids is 2. The second-order valence-electron chi connectivity index (χ2n) is 8.81. The first-order chi connectivity index (χ1) is 18.4. The number of carbonyl (C=O) groups is 6. The fourth-order valence-corrected chi connectivity index (χ4v) is 3.95. The maximum Gasteiger partial charge on any atom is 0.327 e. The summed E-state index contributed by atoms with van der Waals surface area (Å²) >= 11 is 3.94. The molecule has 0 aliphatic heterocycles. The highest BCUT2D eigenvalue weighted by atomic mass is 32.1. The largest absolute Gasteiger partial charge is 0.481 e. The highest BCUT2D eigenvalue weighted by Crippen LogP contribution is 2.19. The Balaban J connectivity index is 2.29. The van der Waals surface area contributed by atoms with Gasteiger partial charge in [0.05, 0.1) is 6.04 Å². The van der Waals surface area contributed by atoms with Crippen LogP contribution in [0.5, 0.6) is 0 Å². The molecule has 1 heterocycles. The Labute approximate surface area is 228 Å². The number of nitrogens with one attached hydrogen (secondary N) is 4. The minimum absolute atomic E-state index is 0.0465. The molecule has 4 unspecified atom stereocenters. The van der Waals surface area contributed by atoms with Crippen LogP contribution in [0.4, 0.5) is 0 Å². The Morgan fingerprint density at radius 2 is 1.49 bits per heavy atom. The van der Waals surface area contributed by atoms with Crippen LogP contribution in [0.15, 0.2) is 30.5 Å². The smallest absolute Gasteiger partial charge is 0.327 e. The van der Waals surface area contributed by atoms with Crippen molar-refractivity contribution < 1.29 is 39.0 Å². The average Bonchev–Trinajstić information content (AvgIpc) is 3.29. The lowest BCUT2D eigenvalue weighted by Gasteiger charge is -2.25. The van der Waals surface area contributed by atoms with Crippen LogP contribution in [0.1, 0.15) is 31.2 Å². The van der Waals surface area contributed by atoms with Gasteiger partial charge in [0.15, 0.2) is 0 Å². The predicted octanol–water partition coefficient (Wildman–Crippen LogP) is -1.36. The summed E-state index contributed by atoms with van der Waals surface area (Å²) < 4.78 is 0. The summed E-state index contributed by atoms with van der Waals surface area (Å²) in [7, 11) is 0. The first-order valence-corrected chi connectivity index (χ1v) is 12.6. The summed E-state index contributed by atoms with van der Waals surface area (Å²) in [6.45, 7) is 0. The Morgan fingerprint density at radius 1 is 0.872 bits per heavy atom. The van der Waals surface area contributed by atoms with Crippen LogP contribution in [0.3, 0.4) is 0 Å². The van der Waals surface area contributed by atoms with Crippen molar-refractivity contribution in [3.05, 3.63) is 36.0 Å². The summed E-state index contributed by atoms with van der Waals surface area (Å²) in [6.07, 6.45) is 0.511. The van der Waals surface area contributed by atoms with E-state index in [9.17, 15) is 33.9 Å². The van der Waals surface area contributed by atoms with Crippen LogP contribution < -0.4 is 27.4 Å². The number of para-hydroxylation sites is 1. The minimum atomic E-state index is -1.35. The van der Waals surface area contributed by atoms with Gasteiger partial charge in [-0.25, -0.2) is 4.79 Å². The van der Waals surface area contributed by atoms with Crippen LogP contribution in [-0.4, -0.2) is 80.7 Å². The van der Waals surface area contributed by atoms with Gasteiger partial charge in [0.1, 0.15) is 18.1 Å². The molecule has 2 rings (SSSR count). The van der Waals surface area contributed by atoms with Gasteiger partial charge in [0.2, 0.25) is 23.6 Å². The van der Waals surface area contributed by atoms with Gasteiger partial charge in [-0.15, -0.1) is 0 Å². The third-order valence-electron chi connectivity index (χ3n) is 5.85. The van der Waals surface area contributed by atoms with Crippen LogP contribution in [0, 0.1) is 0 Å². The second kappa shape index (κ2) is 14.7. The van der Waals surface area contributed by atoms with Gasteiger partial charge in [-0.1, -0.05) is 18.2 Å². The average molecular weight is 565 g/mol. The zero-order chi connectivity index (χ0) is 29.1. The topological polar surface area (TPSA) is 247 Å². The molecule has 0 radical (unpaired) electrons. The molecule has 14 nitrogen and oxygen atoms in total. The molecule has 0 aliphatic carbocycles. The molecule has 0 fully saturated rings. The van der Waals surface area contributed by atoms with Crippen molar-refractivity contribution in [2.75, 3.05) is 5.75 Å². The van der Waals surface area contributed by atoms with Gasteiger partial charge >= 0.3 is 11.9 Å². The molecule has 4 amide bonds. The molecule has 1 aromatic heterocycles. The Kier molecular flexibility index (Phi) is 11.7. The maximum absolute atomic E-state index is 13.2. The SMILES string of the molecule is NC(=O)CCC(NC(=O)C(N)CCC(=O)O)C(=O)NC(Cc1c[nH]c2ccccc12)C(=O)NC(CS)C(=O)O. The lowest BCUT2D eigenvalue weighted by atomic mass is 10.0. The van der Waals surface area contributed by atoms with E-state index in [1.54, 1.807) is 18.3 Å². The molecule has 0 bridgehead atoms. The summed E-state index contributed by atoms with van der Waals surface area (Å²) in [5.41, 5.74) is 12.4. The van der Waals surface area contributed by atoms with E-state index < -0.39 is 59.7 Å². The number of hydrogen-bond acceptors (Lipinski definition) is 8. The highest BCUT2D eigenvalue weighted by Gasteiger charge is 2.31. The minimum Gasteiger partial charge on any atom is -0.481 e. The number of carboxylic acids is 2. The van der Waals surface area contributed by atoms with E-state index in [-0.39, 0.29) is 37.9 Å². The summed E-state index contributed by atoms with van der Waals surface area (Å²) in [4.78, 5) is 75.5. The Bertz CT molecular complexity index is 1220. The molecule has 1 aromatic carbocycles. The summed E-state index contributed by atoms with van der Waals surface area (Å²) in [5, 5.41) is 26.1. The number of carbonyl (C=O) groups excluding carboxylic acids is 4. The van der Waals surface area contributed by atoms with E-state index in [0.29, 0.717) is 5.56 Å². The highest BCUT2D eigenvalue weighted by molar-refractivity contribution is 7.80. The van der Waals surface area contributed by atoms with Crippen molar-refractivity contribution >= 4 is 59.1 Å². The molecule has 0 saturated carbocycles. The van der Waals surface area contributed by atoms with E-state index in [0.717, 1.165) is 10.9 Å². The molecule has 0 saturated heterocycles. The van der Waals surface area contributed by atoms with Gasteiger partial charge in [0.25, 0.3) is 0 Å². The van der Waals surface area contributed by atoms with Gasteiger partial charge < -0.3 is 42.6 Å². The van der Waals surface area contributed by atoms with Crippen molar-refractivity contribution in [3.8, 4) is 0 Å². The Hall–Kier alpha value is -4.11. The number of carboxylic acid groups (broad SMARTS) is 2. The van der Waals surface area contributed by atoms with Gasteiger partial charge in [-0.3, -0.25) is 24.0 Å². The molecule has 4 atom stereocenters. The standard InChI is InChI=1S/C24H32N6O8S/c25-14(5-8-20(32)33)21(34)28-16(6-7-19(26)31)22(35)29-17(23(36)30-18(11-39)24(37)38)9-12-10-27-15-4-2-1-3-13(12)15/h1-4,10,14,16-18,27,39H,5-9,11,25H2,(H2,26,31)(H,28,34)(H,29,35)(H,30,36)(H,32,33)(H,37,38). The van der Waals surface area contributed by atoms with Crippen molar-refractivity contribution in [2.45, 2.75) is 56.3 Å². The van der Waals surface area contributed by atoms with E-state index in [1.165, 1.54) is 0 Å². The van der Waals surface area contributed by atoms with Crippen LogP contribution >= 0.6 is 12.6 Å². The number of benzene rings is 1. The van der Waals surface area contributed by atoms with Gasteiger partial charge in [-0.2, -0.15) is 12.6 Å². The van der Waals surface area contributed by atoms with E-state index in [1.807, 2.05) is 12.1 Å². The lowest BCUT2D eigenvalue weighted by molar-refractivity contribution is -0.141. The number of amides is 4. The van der Waals surface area contributed by atoms with Crippen molar-refractivity contribution in [2.24, 2.45) is 11.5 Å². The monoisotopic (exact) mass is 564 g/mol. The van der Waals surface area contributed by atoms with Crippen molar-refractivity contribution in [1.82, 2.24) is 20.9 Å². The predicted molar refractivity (Wildman–Crippen MR) is 143 cm³/mol. The van der Waals surface area contributed by atoms with E-state index in [2.05, 4.69) is 33.6 Å². The fraction of sp³-hybridized carbons (Fsp3) is 0.417. The Morgan fingerprint density at radius 3 is 2.10 bits per heavy atom. The zero-order valence-corrected chi connectivity index (χ0v) is 21.8. The molecule has 0 aliphatic rings. The number of thiol groups is 1. The first kappa shape index (κ1) is 31.1. The normalized spacial score (nSPS) is 14.0. The number of aromatic amines is 1. The molecule has 2 aromatic rings. The van der Waals surface area contributed by atoms with Crippen LogP contribution in [-0.2, 0) is 35.2 Å². The first-order valence-electron chi connectivity index (χ1n) is 12.0. The van der Waals surface area contributed by atoms with Crippen molar-refractivity contribution in [3.63, 3.8) is 0 Å². The molecule has 39 heavy (non-hydrogen) atoms. The number of hydrogen-bond donors (Lipinski definition) is 9. The fourth-order valence-electron chi connectivity index (χ4n) is 3.70. The number of rotatable bonds is 16. The maximum atomic E-state index is 13.2. The quantitative estimate of drug-likeness (QED) is 0.109. The van der Waals surface area contributed by atoms with Crippen LogP contribution in [0.25, 0.3) is 10.9 Å². The molecule has 0 spiro atoms. The van der Waals surface area contributed by atoms with E-state index >= 15 is 0 Å². The third kappa shape index (κ3) is 9.61. The van der Waals surface area contributed by atoms with Gasteiger partial charge in [0, 0.05) is 42.1 Å². The van der Waals surface area contributed by atoms with E-state index in [4.69, 9.17) is 16.6 Å². The molecular weight excluding hydrogens is 532 g/mol. The number of H-pyrrole nitrogens is 1. The lowest BCUT2D eigenvalue weighted by Crippen LogP contribution is -2.58. The van der Waals surface area contributed by atoms with Crippen LogP contribution in [0.2, 0.25) is 0 Å². The molecular formula is C24H32N6O8S.